The van der Waals surface area contributed by atoms with Gasteiger partial charge in [0.1, 0.15) is 0 Å². The van der Waals surface area contributed by atoms with Crippen LogP contribution in [0.4, 0.5) is 0 Å². The number of sulfonamides is 1. The number of amides is 1. The predicted octanol–water partition coefficient (Wildman–Crippen LogP) is 1.07. The molecule has 2 rings (SSSR count). The molecule has 0 bridgehead atoms. The normalized spacial score (nSPS) is 22.8. The molecule has 0 saturated carbocycles. The van der Waals surface area contributed by atoms with Gasteiger partial charge in [-0.25, -0.2) is 13.1 Å². The molecule has 1 aliphatic heterocycles. The number of carbonyl (C=O) groups is 1. The van der Waals surface area contributed by atoms with E-state index in [0.717, 1.165) is 12.0 Å². The number of pyridine rings is 1. The minimum atomic E-state index is -3.36. The zero-order valence-corrected chi connectivity index (χ0v) is 13.1. The van der Waals surface area contributed by atoms with Crippen molar-refractivity contribution in [2.24, 2.45) is 0 Å². The van der Waals surface area contributed by atoms with E-state index in [9.17, 15) is 13.2 Å². The Kier molecular flexibility index (Phi) is 4.95. The zero-order chi connectivity index (χ0) is 15.5. The number of nitrogens with one attached hydrogen (secondary N) is 1. The summed E-state index contributed by atoms with van der Waals surface area (Å²) >= 11 is 0. The average Bonchev–Trinajstić information content (AvgIpc) is 2.72. The molecule has 2 atom stereocenters. The molecule has 0 aliphatic carbocycles. The van der Waals surface area contributed by atoms with Crippen LogP contribution in [0.15, 0.2) is 24.5 Å². The van der Waals surface area contributed by atoms with Crippen molar-refractivity contribution in [2.45, 2.75) is 38.3 Å². The van der Waals surface area contributed by atoms with Crippen LogP contribution in [-0.4, -0.2) is 43.1 Å². The van der Waals surface area contributed by atoms with Crippen molar-refractivity contribution in [1.82, 2.24) is 14.6 Å². The summed E-state index contributed by atoms with van der Waals surface area (Å²) in [6.45, 7) is 1.95. The van der Waals surface area contributed by atoms with Gasteiger partial charge in [-0.3, -0.25) is 9.78 Å². The first-order valence-electron chi connectivity index (χ1n) is 7.10. The minimum absolute atomic E-state index is 0.0629. The van der Waals surface area contributed by atoms with E-state index < -0.39 is 16.1 Å². The molecule has 1 aromatic rings. The second-order valence-corrected chi connectivity index (χ2v) is 7.21. The smallest absolute Gasteiger partial charge is 0.224 e. The molecule has 2 heterocycles. The summed E-state index contributed by atoms with van der Waals surface area (Å²) < 4.78 is 26.8. The molecule has 0 radical (unpaired) electrons. The van der Waals surface area contributed by atoms with Crippen LogP contribution in [0.1, 0.15) is 37.8 Å². The molecule has 0 aromatic carbocycles. The van der Waals surface area contributed by atoms with E-state index in [2.05, 4.69) is 9.71 Å². The van der Waals surface area contributed by atoms with Gasteiger partial charge in [0.05, 0.1) is 17.8 Å². The lowest BCUT2D eigenvalue weighted by Gasteiger charge is -2.25. The molecule has 116 valence electrons. The van der Waals surface area contributed by atoms with Crippen LogP contribution >= 0.6 is 0 Å². The number of carbonyl (C=O) groups excluding carboxylic acids is 1. The van der Waals surface area contributed by atoms with E-state index >= 15 is 0 Å². The fourth-order valence-corrected chi connectivity index (χ4v) is 4.07. The van der Waals surface area contributed by atoms with Crippen LogP contribution < -0.4 is 4.72 Å². The molecule has 7 heteroatoms. The molecular formula is C14H21N3O3S. The summed E-state index contributed by atoms with van der Waals surface area (Å²) in [6, 6.07) is 2.91. The van der Waals surface area contributed by atoms with Crippen LogP contribution in [0.25, 0.3) is 0 Å². The third-order valence-electron chi connectivity index (χ3n) is 3.71. The van der Waals surface area contributed by atoms with Gasteiger partial charge in [-0.2, -0.15) is 0 Å². The maximum atomic E-state index is 12.1. The van der Waals surface area contributed by atoms with Crippen LogP contribution in [0.2, 0.25) is 0 Å². The third-order valence-corrected chi connectivity index (χ3v) is 5.20. The Morgan fingerprint density at radius 1 is 1.48 bits per heavy atom. The molecule has 1 fully saturated rings. The summed E-state index contributed by atoms with van der Waals surface area (Å²) in [5, 5.41) is 0. The molecule has 0 unspecified atom stereocenters. The summed E-state index contributed by atoms with van der Waals surface area (Å²) in [5.41, 5.74) is 0.842. The van der Waals surface area contributed by atoms with E-state index in [4.69, 9.17) is 0 Å². The Balaban J connectivity index is 2.19. The first-order chi connectivity index (χ1) is 9.94. The number of likely N-dealkylation sites (N-methyl/N-ethyl adjacent to an activating group) is 1. The quantitative estimate of drug-likeness (QED) is 0.852. The van der Waals surface area contributed by atoms with Gasteiger partial charge in [-0.05, 0) is 18.1 Å². The van der Waals surface area contributed by atoms with Gasteiger partial charge in [0.2, 0.25) is 15.9 Å². The van der Waals surface area contributed by atoms with E-state index in [1.807, 2.05) is 13.0 Å². The van der Waals surface area contributed by atoms with Gasteiger partial charge in [0.15, 0.2) is 0 Å². The topological polar surface area (TPSA) is 79.4 Å². The van der Waals surface area contributed by atoms with Gasteiger partial charge >= 0.3 is 0 Å². The monoisotopic (exact) mass is 311 g/mol. The van der Waals surface area contributed by atoms with Crippen LogP contribution in [0, 0.1) is 0 Å². The maximum absolute atomic E-state index is 12.1. The van der Waals surface area contributed by atoms with Gasteiger partial charge in [0.25, 0.3) is 0 Å². The van der Waals surface area contributed by atoms with Crippen LogP contribution in [0.3, 0.4) is 0 Å². The molecule has 1 amide bonds. The SMILES string of the molecule is CCCCS(=O)(=O)N[C@@H]1CC(=O)N(C)[C@H]1c1cccnc1. The van der Waals surface area contributed by atoms with Crippen molar-refractivity contribution in [3.63, 3.8) is 0 Å². The molecule has 1 saturated heterocycles. The molecule has 1 N–H and O–H groups in total. The first kappa shape index (κ1) is 15.9. The Hall–Kier alpha value is -1.47. The largest absolute Gasteiger partial charge is 0.337 e. The summed E-state index contributed by atoms with van der Waals surface area (Å²) in [4.78, 5) is 17.6. The van der Waals surface area contributed by atoms with Crippen LogP contribution in [0.5, 0.6) is 0 Å². The fraction of sp³-hybridized carbons (Fsp3) is 0.571. The Morgan fingerprint density at radius 3 is 2.86 bits per heavy atom. The lowest BCUT2D eigenvalue weighted by molar-refractivity contribution is -0.127. The maximum Gasteiger partial charge on any atom is 0.224 e. The van der Waals surface area contributed by atoms with Gasteiger partial charge in [-0.1, -0.05) is 19.4 Å². The van der Waals surface area contributed by atoms with Crippen molar-refractivity contribution in [3.8, 4) is 0 Å². The molecule has 21 heavy (non-hydrogen) atoms. The molecule has 0 spiro atoms. The number of nitrogens with zero attached hydrogens (tertiary/aromatic N) is 2. The molecule has 6 nitrogen and oxygen atoms in total. The third kappa shape index (κ3) is 3.79. The van der Waals surface area contributed by atoms with Gasteiger partial charge in [-0.15, -0.1) is 0 Å². The minimum Gasteiger partial charge on any atom is -0.337 e. The first-order valence-corrected chi connectivity index (χ1v) is 8.75. The lowest BCUT2D eigenvalue weighted by atomic mass is 10.0. The van der Waals surface area contributed by atoms with Crippen molar-refractivity contribution in [1.29, 1.82) is 0 Å². The van der Waals surface area contributed by atoms with E-state index in [1.165, 1.54) is 0 Å². The highest BCUT2D eigenvalue weighted by Gasteiger charge is 2.40. The summed E-state index contributed by atoms with van der Waals surface area (Å²) in [7, 11) is -1.67. The Labute approximate surface area is 125 Å². The fourth-order valence-electron chi connectivity index (χ4n) is 2.61. The zero-order valence-electron chi connectivity index (χ0n) is 12.3. The highest BCUT2D eigenvalue weighted by molar-refractivity contribution is 7.89. The van der Waals surface area contributed by atoms with Crippen molar-refractivity contribution in [3.05, 3.63) is 30.1 Å². The Morgan fingerprint density at radius 2 is 2.24 bits per heavy atom. The van der Waals surface area contributed by atoms with Crippen molar-refractivity contribution in [2.75, 3.05) is 12.8 Å². The lowest BCUT2D eigenvalue weighted by Crippen LogP contribution is -2.40. The van der Waals surface area contributed by atoms with E-state index in [1.54, 1.807) is 30.4 Å². The Bertz CT molecular complexity index is 589. The number of aromatic nitrogens is 1. The number of rotatable bonds is 6. The van der Waals surface area contributed by atoms with Crippen molar-refractivity contribution < 1.29 is 13.2 Å². The summed E-state index contributed by atoms with van der Waals surface area (Å²) in [5.74, 6) is 0.0320. The number of hydrogen-bond donors (Lipinski definition) is 1. The summed E-state index contributed by atoms with van der Waals surface area (Å²) in [6.07, 6.45) is 4.94. The highest BCUT2D eigenvalue weighted by Crippen LogP contribution is 2.31. The number of hydrogen-bond acceptors (Lipinski definition) is 4. The second kappa shape index (κ2) is 6.53. The average molecular weight is 311 g/mol. The molecule has 1 aliphatic rings. The number of unbranched alkanes of at least 4 members (excludes halogenated alkanes) is 1. The molecular weight excluding hydrogens is 290 g/mol. The van der Waals surface area contributed by atoms with Crippen LogP contribution in [-0.2, 0) is 14.8 Å². The highest BCUT2D eigenvalue weighted by atomic mass is 32.2. The predicted molar refractivity (Wildman–Crippen MR) is 80.0 cm³/mol. The van der Waals surface area contributed by atoms with Gasteiger partial charge < -0.3 is 4.90 Å². The molecule has 1 aromatic heterocycles. The van der Waals surface area contributed by atoms with Crippen molar-refractivity contribution >= 4 is 15.9 Å². The van der Waals surface area contributed by atoms with E-state index in [-0.39, 0.29) is 24.1 Å². The van der Waals surface area contributed by atoms with Gasteiger partial charge in [0, 0.05) is 25.9 Å². The number of likely N-dealkylation sites (tertiary alicyclic amines) is 1. The second-order valence-electron chi connectivity index (χ2n) is 5.34. The van der Waals surface area contributed by atoms with E-state index in [0.29, 0.717) is 6.42 Å². The standard InChI is InChI=1S/C14H21N3O3S/c1-3-4-8-21(19,20)16-12-9-13(18)17(2)14(12)11-6-5-7-15-10-11/h5-7,10,12,14,16H,3-4,8-9H2,1-2H3/t12-,14+/m1/s1.